The average Bonchev–Trinajstić information content (AvgIpc) is 2.55. The Morgan fingerprint density at radius 3 is 2.61 bits per heavy atom. The van der Waals surface area contributed by atoms with Gasteiger partial charge in [-0.25, -0.2) is 0 Å². The number of aryl methyl sites for hydroxylation is 1. The first-order valence-corrected chi connectivity index (χ1v) is 12.1. The van der Waals surface area contributed by atoms with Gasteiger partial charge in [0.2, 0.25) is 0 Å². The van der Waals surface area contributed by atoms with Gasteiger partial charge in [-0.3, -0.25) is 0 Å². The van der Waals surface area contributed by atoms with E-state index >= 15 is 0 Å². The van der Waals surface area contributed by atoms with Gasteiger partial charge in [0.1, 0.15) is 0 Å². The van der Waals surface area contributed by atoms with E-state index in [0.29, 0.717) is 0 Å². The van der Waals surface area contributed by atoms with Crippen LogP contribution in [0.4, 0.5) is 0 Å². The summed E-state index contributed by atoms with van der Waals surface area (Å²) in [5.41, 5.74) is 2.99. The third kappa shape index (κ3) is 9.54. The van der Waals surface area contributed by atoms with Crippen LogP contribution in [-0.2, 0) is 6.42 Å². The van der Waals surface area contributed by atoms with Crippen LogP contribution in [0.5, 0.6) is 0 Å². The molecule has 0 nitrogen and oxygen atoms in total. The van der Waals surface area contributed by atoms with E-state index < -0.39 is 0 Å². The number of alkyl halides is 1. The van der Waals surface area contributed by atoms with Crippen molar-refractivity contribution < 1.29 is 21.2 Å². The van der Waals surface area contributed by atoms with E-state index in [4.69, 9.17) is 0 Å². The summed E-state index contributed by atoms with van der Waals surface area (Å²) in [6.07, 6.45) is 11.7. The fourth-order valence-electron chi connectivity index (χ4n) is 2.99. The molecule has 132 valence electrons. The Hall–Kier alpha value is -0.310. The SMILES string of the molecule is C=C(CC)CC(CCC)CCCc1cccc([I-]CCCC)c1. The summed E-state index contributed by atoms with van der Waals surface area (Å²) in [4.78, 5) is 0. The molecule has 0 amide bonds. The van der Waals surface area contributed by atoms with Crippen molar-refractivity contribution in [2.45, 2.75) is 78.6 Å². The quantitative estimate of drug-likeness (QED) is 0.194. The van der Waals surface area contributed by atoms with E-state index in [2.05, 4.69) is 51.6 Å². The molecule has 1 rings (SSSR count). The molecule has 0 radical (unpaired) electrons. The molecule has 1 aromatic rings. The Kier molecular flexibility index (Phi) is 11.8. The Morgan fingerprint density at radius 2 is 1.91 bits per heavy atom. The van der Waals surface area contributed by atoms with Crippen molar-refractivity contribution in [1.82, 2.24) is 0 Å². The number of allylic oxidation sites excluding steroid dienone is 1. The van der Waals surface area contributed by atoms with Gasteiger partial charge in [0.25, 0.3) is 0 Å². The van der Waals surface area contributed by atoms with Crippen molar-refractivity contribution in [2.24, 2.45) is 5.92 Å². The van der Waals surface area contributed by atoms with Crippen molar-refractivity contribution in [3.63, 3.8) is 0 Å². The van der Waals surface area contributed by atoms with Crippen molar-refractivity contribution in [3.8, 4) is 0 Å². The molecule has 0 aliphatic carbocycles. The van der Waals surface area contributed by atoms with Gasteiger partial charge in [0.15, 0.2) is 0 Å². The second kappa shape index (κ2) is 13.0. The Morgan fingerprint density at radius 1 is 1.09 bits per heavy atom. The minimum absolute atomic E-state index is 0.243. The molecule has 1 atom stereocenters. The molecule has 0 aromatic heterocycles. The summed E-state index contributed by atoms with van der Waals surface area (Å²) < 4.78 is 3.08. The predicted molar refractivity (Wildman–Crippen MR) is 100 cm³/mol. The number of hydrogen-bond acceptors (Lipinski definition) is 0. The van der Waals surface area contributed by atoms with Crippen molar-refractivity contribution in [2.75, 3.05) is 4.43 Å². The molecule has 0 spiro atoms. The van der Waals surface area contributed by atoms with Gasteiger partial charge < -0.3 is 0 Å². The monoisotopic (exact) mass is 427 g/mol. The van der Waals surface area contributed by atoms with E-state index in [1.54, 1.807) is 9.13 Å². The van der Waals surface area contributed by atoms with Crippen LogP contribution in [-0.4, -0.2) is 4.43 Å². The van der Waals surface area contributed by atoms with Gasteiger partial charge in [0.05, 0.1) is 0 Å². The van der Waals surface area contributed by atoms with Gasteiger partial charge in [-0.05, 0) is 0 Å². The van der Waals surface area contributed by atoms with Crippen LogP contribution in [0.15, 0.2) is 36.4 Å². The number of halogens is 1. The fourth-order valence-corrected chi connectivity index (χ4v) is 5.84. The number of rotatable bonds is 13. The van der Waals surface area contributed by atoms with Crippen molar-refractivity contribution >= 4 is 0 Å². The second-order valence-corrected chi connectivity index (χ2v) is 9.75. The zero-order valence-corrected chi connectivity index (χ0v) is 17.7. The third-order valence-electron chi connectivity index (χ3n) is 4.48. The summed E-state index contributed by atoms with van der Waals surface area (Å²) in [7, 11) is 0. The summed E-state index contributed by atoms with van der Waals surface area (Å²) >= 11 is 0.243. The molecule has 0 aliphatic heterocycles. The van der Waals surface area contributed by atoms with E-state index in [-0.39, 0.29) is 21.2 Å². The van der Waals surface area contributed by atoms with Crippen LogP contribution in [0.2, 0.25) is 0 Å². The zero-order chi connectivity index (χ0) is 16.9. The van der Waals surface area contributed by atoms with Crippen LogP contribution < -0.4 is 21.2 Å². The number of unbranched alkanes of at least 4 members (excludes halogenated alkanes) is 1. The molecule has 0 heterocycles. The third-order valence-corrected chi connectivity index (χ3v) is 7.33. The average molecular weight is 427 g/mol. The minimum atomic E-state index is 0.243. The Labute approximate surface area is 155 Å². The number of hydrogen-bond donors (Lipinski definition) is 0. The molecule has 0 aliphatic rings. The summed E-state index contributed by atoms with van der Waals surface area (Å²) in [5.74, 6) is 0.854. The molecular formula is C22H36I-. The van der Waals surface area contributed by atoms with Crippen molar-refractivity contribution in [1.29, 1.82) is 0 Å². The van der Waals surface area contributed by atoms with Gasteiger partial charge in [-0.15, -0.1) is 0 Å². The van der Waals surface area contributed by atoms with E-state index in [9.17, 15) is 0 Å². The molecular weight excluding hydrogens is 391 g/mol. The normalized spacial score (nSPS) is 12.5. The van der Waals surface area contributed by atoms with Crippen LogP contribution in [0.25, 0.3) is 0 Å². The van der Waals surface area contributed by atoms with Crippen LogP contribution in [0, 0.1) is 9.49 Å². The van der Waals surface area contributed by atoms with Crippen molar-refractivity contribution in [3.05, 3.63) is 45.6 Å². The molecule has 1 aromatic carbocycles. The molecule has 0 saturated carbocycles. The van der Waals surface area contributed by atoms with Gasteiger partial charge >= 0.3 is 156 Å². The Balaban J connectivity index is 2.40. The van der Waals surface area contributed by atoms with Gasteiger partial charge in [-0.1, -0.05) is 0 Å². The van der Waals surface area contributed by atoms with Crippen LogP contribution >= 0.6 is 0 Å². The van der Waals surface area contributed by atoms with E-state index in [1.165, 1.54) is 61.4 Å². The molecule has 0 N–H and O–H groups in total. The summed E-state index contributed by atoms with van der Waals surface area (Å²) in [5, 5.41) is 0. The fraction of sp³-hybridized carbons (Fsp3) is 0.636. The standard InChI is InChI=1S/C22H36I/c1-5-8-16-23-22-15-10-14-21(18-22)13-9-12-20(11-6-2)17-19(4)7-3/h10,14-15,18,20H,4-9,11-13,16-17H2,1-3H3/q-1. The molecule has 0 bridgehead atoms. The summed E-state index contributed by atoms with van der Waals surface area (Å²) in [6.45, 7) is 11.0. The second-order valence-electron chi connectivity index (χ2n) is 6.66. The topological polar surface area (TPSA) is 0 Å². The molecule has 0 fully saturated rings. The first-order chi connectivity index (χ1) is 11.2. The Bertz CT molecular complexity index is 435. The molecule has 1 unspecified atom stereocenters. The van der Waals surface area contributed by atoms with E-state index in [1.807, 2.05) is 0 Å². The molecule has 1 heteroatoms. The maximum atomic E-state index is 4.21. The van der Waals surface area contributed by atoms with Crippen LogP contribution in [0.1, 0.15) is 77.7 Å². The van der Waals surface area contributed by atoms with Gasteiger partial charge in [0, 0.05) is 0 Å². The maximum absolute atomic E-state index is 4.21. The van der Waals surface area contributed by atoms with E-state index in [0.717, 1.165) is 12.3 Å². The van der Waals surface area contributed by atoms with Gasteiger partial charge in [-0.2, -0.15) is 0 Å². The summed E-state index contributed by atoms with van der Waals surface area (Å²) in [6, 6.07) is 9.44. The molecule has 0 saturated heterocycles. The molecule has 23 heavy (non-hydrogen) atoms. The first-order valence-electron chi connectivity index (χ1n) is 9.54. The zero-order valence-electron chi connectivity index (χ0n) is 15.5. The number of benzene rings is 1. The predicted octanol–water partition coefficient (Wildman–Crippen LogP) is 3.84. The first kappa shape index (κ1) is 20.7. The van der Waals surface area contributed by atoms with Crippen LogP contribution in [0.3, 0.4) is 0 Å².